The fourth-order valence-electron chi connectivity index (χ4n) is 2.46. The zero-order valence-electron chi connectivity index (χ0n) is 13.1. The van der Waals surface area contributed by atoms with E-state index in [1.165, 1.54) is 31.8 Å². The molecule has 1 aliphatic carbocycles. The minimum atomic E-state index is -0.108. The van der Waals surface area contributed by atoms with E-state index in [9.17, 15) is 4.79 Å². The summed E-state index contributed by atoms with van der Waals surface area (Å²) in [5.74, 6) is 0.565. The van der Waals surface area contributed by atoms with E-state index < -0.39 is 0 Å². The molecule has 0 atom stereocenters. The van der Waals surface area contributed by atoms with Crippen LogP contribution in [0.4, 0.5) is 0 Å². The lowest BCUT2D eigenvalue weighted by Crippen LogP contribution is -2.23. The number of hydrogen-bond donors (Lipinski definition) is 1. The van der Waals surface area contributed by atoms with Gasteiger partial charge in [-0.25, -0.2) is 0 Å². The van der Waals surface area contributed by atoms with E-state index in [4.69, 9.17) is 9.47 Å². The van der Waals surface area contributed by atoms with Crippen molar-refractivity contribution in [1.29, 1.82) is 0 Å². The van der Waals surface area contributed by atoms with Crippen LogP contribution < -0.4 is 10.1 Å². The van der Waals surface area contributed by atoms with Gasteiger partial charge in [0.15, 0.2) is 0 Å². The van der Waals surface area contributed by atoms with Crippen molar-refractivity contribution in [2.24, 2.45) is 0 Å². The Hall–Kier alpha value is -1.88. The highest BCUT2D eigenvalue weighted by Gasteiger charge is 2.14. The van der Waals surface area contributed by atoms with Crippen LogP contribution in [0.25, 0.3) is 6.08 Å². The molecule has 120 valence electrons. The number of amides is 1. The summed E-state index contributed by atoms with van der Waals surface area (Å²) in [6.45, 7) is 1.35. The molecule has 1 fully saturated rings. The lowest BCUT2D eigenvalue weighted by Gasteiger charge is -2.10. The van der Waals surface area contributed by atoms with Gasteiger partial charge in [0.1, 0.15) is 5.75 Å². The van der Waals surface area contributed by atoms with Gasteiger partial charge in [0.25, 0.3) is 0 Å². The molecule has 1 heterocycles. The Kier molecular flexibility index (Phi) is 6.90. The largest absolute Gasteiger partial charge is 0.495 e. The van der Waals surface area contributed by atoms with E-state index in [2.05, 4.69) is 10.3 Å². The van der Waals surface area contributed by atoms with Crippen LogP contribution in [-0.2, 0) is 9.53 Å². The average Bonchev–Trinajstić information content (AvgIpc) is 3.06. The van der Waals surface area contributed by atoms with E-state index in [1.54, 1.807) is 25.6 Å². The molecule has 1 amide bonds. The first kappa shape index (κ1) is 16.5. The van der Waals surface area contributed by atoms with Crippen LogP contribution in [0.5, 0.6) is 5.75 Å². The molecule has 0 spiro atoms. The summed E-state index contributed by atoms with van der Waals surface area (Å²) in [6.07, 6.45) is 12.8. The SMILES string of the molecule is COc1cncc(/C=C/C(=O)NCCCOC2CCCC2)c1. The molecule has 0 saturated heterocycles. The molecule has 0 radical (unpaired) electrons. The number of methoxy groups -OCH3 is 1. The second kappa shape index (κ2) is 9.20. The topological polar surface area (TPSA) is 60.5 Å². The van der Waals surface area contributed by atoms with Crippen molar-refractivity contribution in [3.8, 4) is 5.75 Å². The highest BCUT2D eigenvalue weighted by atomic mass is 16.5. The maximum absolute atomic E-state index is 11.7. The smallest absolute Gasteiger partial charge is 0.244 e. The van der Waals surface area contributed by atoms with Gasteiger partial charge in [-0.3, -0.25) is 9.78 Å². The second-order valence-electron chi connectivity index (χ2n) is 5.41. The predicted molar refractivity (Wildman–Crippen MR) is 85.7 cm³/mol. The first-order valence-electron chi connectivity index (χ1n) is 7.84. The fraction of sp³-hybridized carbons (Fsp3) is 0.529. The zero-order chi connectivity index (χ0) is 15.6. The number of aromatic nitrogens is 1. The lowest BCUT2D eigenvalue weighted by atomic mass is 10.2. The van der Waals surface area contributed by atoms with Gasteiger partial charge in [0.2, 0.25) is 5.91 Å². The van der Waals surface area contributed by atoms with Crippen LogP contribution in [0.15, 0.2) is 24.5 Å². The molecule has 1 N–H and O–H groups in total. The summed E-state index contributed by atoms with van der Waals surface area (Å²) >= 11 is 0. The second-order valence-corrected chi connectivity index (χ2v) is 5.41. The number of nitrogens with zero attached hydrogens (tertiary/aromatic N) is 1. The monoisotopic (exact) mass is 304 g/mol. The van der Waals surface area contributed by atoms with Crippen molar-refractivity contribution >= 4 is 12.0 Å². The quantitative estimate of drug-likeness (QED) is 0.592. The lowest BCUT2D eigenvalue weighted by molar-refractivity contribution is -0.116. The minimum Gasteiger partial charge on any atom is -0.495 e. The molecule has 1 aliphatic rings. The molecule has 0 aliphatic heterocycles. The third-order valence-corrected chi connectivity index (χ3v) is 3.67. The third kappa shape index (κ3) is 5.85. The molecular weight excluding hydrogens is 280 g/mol. The summed E-state index contributed by atoms with van der Waals surface area (Å²) in [7, 11) is 1.59. The van der Waals surface area contributed by atoms with Gasteiger partial charge in [-0.2, -0.15) is 0 Å². The van der Waals surface area contributed by atoms with Gasteiger partial charge in [-0.05, 0) is 37.0 Å². The number of pyridine rings is 1. The van der Waals surface area contributed by atoms with Gasteiger partial charge in [-0.15, -0.1) is 0 Å². The first-order chi connectivity index (χ1) is 10.8. The van der Waals surface area contributed by atoms with Gasteiger partial charge in [-0.1, -0.05) is 12.8 Å². The van der Waals surface area contributed by atoms with Crippen LogP contribution in [-0.4, -0.2) is 37.3 Å². The van der Waals surface area contributed by atoms with Crippen molar-refractivity contribution in [3.63, 3.8) is 0 Å². The Bertz CT molecular complexity index is 496. The Morgan fingerprint density at radius 1 is 1.41 bits per heavy atom. The standard InChI is InChI=1S/C17H24N2O3/c1-21-16-11-14(12-18-13-16)7-8-17(20)19-9-4-10-22-15-5-2-3-6-15/h7-8,11-13,15H,2-6,9-10H2,1H3,(H,19,20)/b8-7+. The summed E-state index contributed by atoms with van der Waals surface area (Å²) < 4.78 is 10.8. The summed E-state index contributed by atoms with van der Waals surface area (Å²) in [6, 6.07) is 1.83. The maximum atomic E-state index is 11.7. The summed E-state index contributed by atoms with van der Waals surface area (Å²) in [5.41, 5.74) is 0.832. The predicted octanol–water partition coefficient (Wildman–Crippen LogP) is 2.57. The molecule has 0 aromatic carbocycles. The van der Waals surface area contributed by atoms with Gasteiger partial charge < -0.3 is 14.8 Å². The van der Waals surface area contributed by atoms with Gasteiger partial charge in [0.05, 0.1) is 19.4 Å². The molecule has 2 rings (SSSR count). The van der Waals surface area contributed by atoms with Crippen molar-refractivity contribution in [2.45, 2.75) is 38.2 Å². The van der Waals surface area contributed by atoms with Gasteiger partial charge >= 0.3 is 0 Å². The average molecular weight is 304 g/mol. The minimum absolute atomic E-state index is 0.108. The Labute approximate surface area is 131 Å². The molecule has 1 aromatic rings. The van der Waals surface area contributed by atoms with Crippen LogP contribution in [0, 0.1) is 0 Å². The van der Waals surface area contributed by atoms with Crippen LogP contribution >= 0.6 is 0 Å². The van der Waals surface area contributed by atoms with E-state index in [-0.39, 0.29) is 5.91 Å². The van der Waals surface area contributed by atoms with E-state index in [0.717, 1.165) is 12.0 Å². The van der Waals surface area contributed by atoms with E-state index >= 15 is 0 Å². The Morgan fingerprint density at radius 2 is 2.23 bits per heavy atom. The van der Waals surface area contributed by atoms with Crippen molar-refractivity contribution < 1.29 is 14.3 Å². The highest BCUT2D eigenvalue weighted by Crippen LogP contribution is 2.20. The first-order valence-corrected chi connectivity index (χ1v) is 7.84. The number of carbonyl (C=O) groups excluding carboxylic acids is 1. The van der Waals surface area contributed by atoms with E-state index in [0.29, 0.717) is 25.0 Å². The van der Waals surface area contributed by atoms with Crippen molar-refractivity contribution in [2.75, 3.05) is 20.3 Å². The summed E-state index contributed by atoms with van der Waals surface area (Å²) in [5, 5.41) is 2.85. The molecule has 1 aromatic heterocycles. The normalized spacial score (nSPS) is 15.3. The molecule has 22 heavy (non-hydrogen) atoms. The molecule has 0 unspecified atom stereocenters. The van der Waals surface area contributed by atoms with Crippen LogP contribution in [0.3, 0.4) is 0 Å². The van der Waals surface area contributed by atoms with Crippen molar-refractivity contribution in [1.82, 2.24) is 10.3 Å². The fourth-order valence-corrected chi connectivity index (χ4v) is 2.46. The Morgan fingerprint density at radius 3 is 3.00 bits per heavy atom. The summed E-state index contributed by atoms with van der Waals surface area (Å²) in [4.78, 5) is 15.7. The van der Waals surface area contributed by atoms with Gasteiger partial charge in [0, 0.05) is 25.4 Å². The van der Waals surface area contributed by atoms with Crippen molar-refractivity contribution in [3.05, 3.63) is 30.1 Å². The maximum Gasteiger partial charge on any atom is 0.244 e. The third-order valence-electron chi connectivity index (χ3n) is 3.67. The Balaban J connectivity index is 1.61. The highest BCUT2D eigenvalue weighted by molar-refractivity contribution is 5.91. The molecule has 0 bridgehead atoms. The van der Waals surface area contributed by atoms with Crippen LogP contribution in [0.1, 0.15) is 37.7 Å². The number of rotatable bonds is 8. The zero-order valence-corrected chi connectivity index (χ0v) is 13.1. The van der Waals surface area contributed by atoms with E-state index in [1.807, 2.05) is 6.07 Å². The molecule has 1 saturated carbocycles. The molecule has 5 nitrogen and oxygen atoms in total. The number of ether oxygens (including phenoxy) is 2. The number of carbonyl (C=O) groups is 1. The molecular formula is C17H24N2O3. The van der Waals surface area contributed by atoms with Crippen LogP contribution in [0.2, 0.25) is 0 Å². The number of hydrogen-bond acceptors (Lipinski definition) is 4. The molecule has 5 heteroatoms. The number of nitrogens with one attached hydrogen (secondary N) is 1.